The summed E-state index contributed by atoms with van der Waals surface area (Å²) in [5.74, 6) is -0.407. The van der Waals surface area contributed by atoms with Gasteiger partial charge in [0, 0.05) is 6.92 Å². The second kappa shape index (κ2) is 19.1. The van der Waals surface area contributed by atoms with E-state index in [-0.39, 0.29) is 24.9 Å². The minimum absolute atomic E-state index is 0.0986. The molecule has 2 aliphatic rings. The number of hydrogen-bond donors (Lipinski definition) is 1. The third kappa shape index (κ3) is 11.4. The lowest BCUT2D eigenvalue weighted by molar-refractivity contribution is -0.345. The molecule has 3 aromatic carbocycles. The van der Waals surface area contributed by atoms with Crippen molar-refractivity contribution >= 4 is 36.9 Å². The number of ether oxygens (including phenoxy) is 7. The Morgan fingerprint density at radius 3 is 1.77 bits per heavy atom. The summed E-state index contributed by atoms with van der Waals surface area (Å²) >= 11 is 2.29. The number of aliphatic hydroxyl groups is 1. The van der Waals surface area contributed by atoms with E-state index >= 15 is 0 Å². The highest BCUT2D eigenvalue weighted by molar-refractivity contribution is 14.1. The number of benzene rings is 3. The van der Waals surface area contributed by atoms with Crippen molar-refractivity contribution in [2.45, 2.75) is 132 Å². The largest absolute Gasteiger partial charge is 0.457 e. The van der Waals surface area contributed by atoms with Crippen LogP contribution in [0.5, 0.6) is 0 Å². The zero-order valence-electron chi connectivity index (χ0n) is 31.8. The molecule has 10 nitrogen and oxygen atoms in total. The van der Waals surface area contributed by atoms with Gasteiger partial charge in [0.1, 0.15) is 30.5 Å². The SMILES string of the molecule is CC(=O)O[C@H]1[C@H](O[Si](C)(C)C(C)(C)C)[C@H](I)[C@@H](O[C@H]2[C@H](OCc3ccccc3)[C@@H](OCc3ccccc3)[C@@H](O)O[C@@H]2COCc2ccccc2)O[C@@H]1C. The van der Waals surface area contributed by atoms with Gasteiger partial charge in [-0.25, -0.2) is 0 Å². The van der Waals surface area contributed by atoms with E-state index in [2.05, 4.69) is 56.5 Å². The highest BCUT2D eigenvalue weighted by Crippen LogP contribution is 2.42. The van der Waals surface area contributed by atoms with Gasteiger partial charge in [0.05, 0.1) is 36.5 Å². The second-order valence-corrected chi connectivity index (χ2v) is 21.5. The molecule has 0 bridgehead atoms. The van der Waals surface area contributed by atoms with Crippen molar-refractivity contribution in [1.82, 2.24) is 0 Å². The first-order valence-electron chi connectivity index (χ1n) is 18.3. The number of halogens is 1. The zero-order valence-corrected chi connectivity index (χ0v) is 34.9. The van der Waals surface area contributed by atoms with Gasteiger partial charge in [0.2, 0.25) is 0 Å². The van der Waals surface area contributed by atoms with E-state index in [9.17, 15) is 9.90 Å². The lowest BCUT2D eigenvalue weighted by atomic mass is 9.97. The van der Waals surface area contributed by atoms with Crippen LogP contribution in [0.2, 0.25) is 18.1 Å². The molecule has 0 spiro atoms. The summed E-state index contributed by atoms with van der Waals surface area (Å²) in [6.45, 7) is 15.0. The molecule has 0 radical (unpaired) electrons. The molecule has 10 atom stereocenters. The van der Waals surface area contributed by atoms with Gasteiger partial charge in [-0.2, -0.15) is 0 Å². The first-order chi connectivity index (χ1) is 25.2. The standard InChI is InChI=1S/C41H55IO10Si/c1-27-34(49-28(2)43)36(52-53(6,7)41(3,4)5)33(42)40(48-27)51-35-32(26-45-23-29-17-11-8-12-18-29)50-39(44)38(47-25-31-21-15-10-16-22-31)37(35)46-24-30-19-13-9-14-20-30/h8-22,27,32-40,44H,23-26H2,1-7H3/t27-,32-,33+,34-,35-,36-,37+,38-,39+,40-/m1/s1. The van der Waals surface area contributed by atoms with Crippen LogP contribution < -0.4 is 0 Å². The average Bonchev–Trinajstić information content (AvgIpc) is 3.12. The van der Waals surface area contributed by atoms with E-state index < -0.39 is 73.5 Å². The fourth-order valence-corrected chi connectivity index (χ4v) is 8.68. The van der Waals surface area contributed by atoms with E-state index in [0.29, 0.717) is 6.61 Å². The Morgan fingerprint density at radius 1 is 0.755 bits per heavy atom. The van der Waals surface area contributed by atoms with Crippen molar-refractivity contribution in [3.8, 4) is 0 Å². The molecule has 2 heterocycles. The van der Waals surface area contributed by atoms with Crippen molar-refractivity contribution in [3.63, 3.8) is 0 Å². The molecular formula is C41H55IO10Si. The maximum atomic E-state index is 12.3. The molecule has 3 aromatic rings. The summed E-state index contributed by atoms with van der Waals surface area (Å²) in [5.41, 5.74) is 2.89. The Morgan fingerprint density at radius 2 is 1.26 bits per heavy atom. The van der Waals surface area contributed by atoms with Crippen LogP contribution in [0.3, 0.4) is 0 Å². The Bertz CT molecular complexity index is 1540. The van der Waals surface area contributed by atoms with Crippen molar-refractivity contribution in [2.24, 2.45) is 0 Å². The number of carbonyl (C=O) groups is 1. The zero-order chi connectivity index (χ0) is 38.2. The number of hydrogen-bond acceptors (Lipinski definition) is 10. The van der Waals surface area contributed by atoms with Gasteiger partial charge < -0.3 is 42.7 Å². The molecular weight excluding hydrogens is 807 g/mol. The Hall–Kier alpha value is -2.24. The van der Waals surface area contributed by atoms with Crippen molar-refractivity contribution in [2.75, 3.05) is 6.61 Å². The van der Waals surface area contributed by atoms with Crippen LogP contribution >= 0.6 is 22.6 Å². The smallest absolute Gasteiger partial charge is 0.303 e. The number of alkyl halides is 1. The molecule has 5 rings (SSSR count). The van der Waals surface area contributed by atoms with Gasteiger partial charge in [-0.15, -0.1) is 0 Å². The Balaban J connectivity index is 1.47. The molecule has 0 aliphatic carbocycles. The summed E-state index contributed by atoms with van der Waals surface area (Å²) in [5, 5.41) is 11.4. The number of aliphatic hydroxyl groups excluding tert-OH is 1. The predicted octanol–water partition coefficient (Wildman–Crippen LogP) is 7.35. The maximum Gasteiger partial charge on any atom is 0.303 e. The first kappa shape index (κ1) is 41.9. The molecule has 2 saturated heterocycles. The molecule has 53 heavy (non-hydrogen) atoms. The van der Waals surface area contributed by atoms with E-state index in [4.69, 9.17) is 37.6 Å². The molecule has 0 saturated carbocycles. The van der Waals surface area contributed by atoms with E-state index in [1.54, 1.807) is 0 Å². The van der Waals surface area contributed by atoms with Crippen LogP contribution in [0.4, 0.5) is 0 Å². The molecule has 0 amide bonds. The van der Waals surface area contributed by atoms with E-state index in [1.807, 2.05) is 97.9 Å². The van der Waals surface area contributed by atoms with Crippen molar-refractivity contribution < 1.29 is 47.5 Å². The van der Waals surface area contributed by atoms with Gasteiger partial charge in [-0.05, 0) is 41.7 Å². The summed E-state index contributed by atoms with van der Waals surface area (Å²) in [6, 6.07) is 29.4. The van der Waals surface area contributed by atoms with Gasteiger partial charge in [0.15, 0.2) is 27.0 Å². The number of esters is 1. The molecule has 2 aliphatic heterocycles. The maximum absolute atomic E-state index is 12.3. The van der Waals surface area contributed by atoms with Crippen LogP contribution in [0, 0.1) is 0 Å². The predicted molar refractivity (Wildman–Crippen MR) is 212 cm³/mol. The monoisotopic (exact) mass is 862 g/mol. The third-order valence-corrected chi connectivity index (χ3v) is 15.9. The van der Waals surface area contributed by atoms with Crippen molar-refractivity contribution in [3.05, 3.63) is 108 Å². The summed E-state index contributed by atoms with van der Waals surface area (Å²) < 4.78 is 51.6. The van der Waals surface area contributed by atoms with Crippen LogP contribution in [0.15, 0.2) is 91.0 Å². The summed E-state index contributed by atoms with van der Waals surface area (Å²) in [6.07, 6.45) is -7.19. The third-order valence-electron chi connectivity index (χ3n) is 10.1. The molecule has 290 valence electrons. The quantitative estimate of drug-likeness (QED) is 0.0722. The van der Waals surface area contributed by atoms with Crippen LogP contribution in [0.25, 0.3) is 0 Å². The van der Waals surface area contributed by atoms with Gasteiger partial charge in [0.25, 0.3) is 0 Å². The highest BCUT2D eigenvalue weighted by atomic mass is 127. The van der Waals surface area contributed by atoms with E-state index in [0.717, 1.165) is 16.7 Å². The van der Waals surface area contributed by atoms with Crippen LogP contribution in [0.1, 0.15) is 51.3 Å². The lowest BCUT2D eigenvalue weighted by Gasteiger charge is -2.50. The fraction of sp³-hybridized carbons (Fsp3) is 0.537. The molecule has 2 fully saturated rings. The summed E-state index contributed by atoms with van der Waals surface area (Å²) in [7, 11) is -2.36. The average molecular weight is 863 g/mol. The molecule has 0 unspecified atom stereocenters. The normalized spacial score (nSPS) is 29.5. The van der Waals surface area contributed by atoms with Gasteiger partial charge in [-0.3, -0.25) is 4.79 Å². The molecule has 1 N–H and O–H groups in total. The number of rotatable bonds is 15. The molecule has 12 heteroatoms. The summed E-state index contributed by atoms with van der Waals surface area (Å²) in [4.78, 5) is 12.3. The van der Waals surface area contributed by atoms with Gasteiger partial charge >= 0.3 is 5.97 Å². The first-order valence-corrected chi connectivity index (χ1v) is 22.4. The topological polar surface area (TPSA) is 111 Å². The minimum Gasteiger partial charge on any atom is -0.457 e. The Labute approximate surface area is 329 Å². The minimum atomic E-state index is -2.36. The highest BCUT2D eigenvalue weighted by Gasteiger charge is 2.54. The van der Waals surface area contributed by atoms with Crippen LogP contribution in [-0.2, 0) is 62.2 Å². The van der Waals surface area contributed by atoms with Crippen LogP contribution in [-0.4, -0.2) is 85.2 Å². The number of carbonyl (C=O) groups excluding carboxylic acids is 1. The Kier molecular flexibility index (Phi) is 15.1. The van der Waals surface area contributed by atoms with Gasteiger partial charge in [-0.1, -0.05) is 134 Å². The molecule has 0 aromatic heterocycles. The van der Waals surface area contributed by atoms with E-state index in [1.165, 1.54) is 6.92 Å². The van der Waals surface area contributed by atoms with Crippen molar-refractivity contribution in [1.29, 1.82) is 0 Å². The fourth-order valence-electron chi connectivity index (χ4n) is 6.19. The second-order valence-electron chi connectivity index (χ2n) is 15.3. The lowest BCUT2D eigenvalue weighted by Crippen LogP contribution is -2.65.